The molecule has 0 N–H and O–H groups in total. The van der Waals surface area contributed by atoms with Crippen molar-refractivity contribution in [2.75, 3.05) is 0 Å². The molecule has 0 fully saturated rings. The van der Waals surface area contributed by atoms with Gasteiger partial charge in [-0.3, -0.25) is 0 Å². The first-order valence-electron chi connectivity index (χ1n) is 11.5. The second-order valence-electron chi connectivity index (χ2n) is 9.37. The highest BCUT2D eigenvalue weighted by Crippen LogP contribution is 2.49. The second kappa shape index (κ2) is 6.88. The zero-order valence-corrected chi connectivity index (χ0v) is 19.0. The van der Waals surface area contributed by atoms with Crippen LogP contribution in [0.25, 0.3) is 44.6 Å². The summed E-state index contributed by atoms with van der Waals surface area (Å²) in [5, 5.41) is 2.17. The molecule has 0 spiro atoms. The average molecular weight is 443 g/mol. The first-order chi connectivity index (χ1) is 16.6. The molecule has 1 aliphatic rings. The third kappa shape index (κ3) is 2.70. The Balaban J connectivity index is 1.33. The number of rotatable bonds is 2. The Kier molecular flexibility index (Phi) is 3.89. The molecule has 0 unspecified atom stereocenters. The number of benzene rings is 4. The summed E-state index contributed by atoms with van der Waals surface area (Å²) < 4.78 is 18.8. The number of ether oxygens (including phenoxy) is 1. The van der Waals surface area contributed by atoms with Gasteiger partial charge in [-0.25, -0.2) is 0 Å². The van der Waals surface area contributed by atoms with Gasteiger partial charge >= 0.3 is 0 Å². The monoisotopic (exact) mass is 442 g/mol. The van der Waals surface area contributed by atoms with Gasteiger partial charge in [-0.1, -0.05) is 74.5 Å². The Labute approximate surface area is 197 Å². The summed E-state index contributed by atoms with van der Waals surface area (Å²) in [6.45, 7) is 4.49. The fourth-order valence-electron chi connectivity index (χ4n) is 5.23. The molecule has 0 radical (unpaired) electrons. The average Bonchev–Trinajstić information content (AvgIpc) is 3.49. The molecule has 3 heterocycles. The van der Waals surface area contributed by atoms with Crippen molar-refractivity contribution in [1.82, 2.24) is 0 Å². The number of hydrogen-bond acceptors (Lipinski definition) is 3. The maximum atomic E-state index is 6.40. The molecular formula is C31H22O3. The van der Waals surface area contributed by atoms with Crippen molar-refractivity contribution in [3.63, 3.8) is 0 Å². The number of furan rings is 2. The van der Waals surface area contributed by atoms with E-state index in [1.54, 1.807) is 0 Å². The van der Waals surface area contributed by atoms with E-state index in [0.29, 0.717) is 0 Å². The minimum absolute atomic E-state index is 0.130. The van der Waals surface area contributed by atoms with Crippen LogP contribution in [0.2, 0.25) is 0 Å². The molecule has 0 aliphatic carbocycles. The van der Waals surface area contributed by atoms with E-state index in [2.05, 4.69) is 56.3 Å². The molecule has 0 saturated heterocycles. The van der Waals surface area contributed by atoms with Crippen LogP contribution in [-0.2, 0) is 5.41 Å². The van der Waals surface area contributed by atoms with E-state index >= 15 is 0 Å². The molecule has 6 aromatic rings. The van der Waals surface area contributed by atoms with Crippen molar-refractivity contribution in [2.24, 2.45) is 0 Å². The van der Waals surface area contributed by atoms with Crippen molar-refractivity contribution >= 4 is 21.9 Å². The number of hydrogen-bond donors (Lipinski definition) is 0. The Morgan fingerprint density at radius 1 is 0.588 bits per heavy atom. The highest BCUT2D eigenvalue weighted by molar-refractivity contribution is 6.11. The van der Waals surface area contributed by atoms with Gasteiger partial charge in [-0.2, -0.15) is 0 Å². The van der Waals surface area contributed by atoms with Crippen LogP contribution >= 0.6 is 0 Å². The van der Waals surface area contributed by atoms with Crippen LogP contribution in [-0.4, -0.2) is 0 Å². The van der Waals surface area contributed by atoms with Gasteiger partial charge in [0.05, 0.1) is 0 Å². The van der Waals surface area contributed by atoms with Crippen molar-refractivity contribution in [3.8, 4) is 34.1 Å². The van der Waals surface area contributed by atoms with Gasteiger partial charge in [0.15, 0.2) is 0 Å². The van der Waals surface area contributed by atoms with Crippen LogP contribution in [0.4, 0.5) is 0 Å². The van der Waals surface area contributed by atoms with E-state index in [1.807, 2.05) is 54.6 Å². The van der Waals surface area contributed by atoms with Crippen LogP contribution in [0, 0.1) is 0 Å². The van der Waals surface area contributed by atoms with Crippen molar-refractivity contribution in [1.29, 1.82) is 0 Å². The van der Waals surface area contributed by atoms with Crippen LogP contribution in [0.3, 0.4) is 0 Å². The van der Waals surface area contributed by atoms with Crippen LogP contribution < -0.4 is 4.74 Å². The molecule has 1 aliphatic heterocycles. The second-order valence-corrected chi connectivity index (χ2v) is 9.37. The lowest BCUT2D eigenvalue weighted by Gasteiger charge is -2.34. The molecule has 7 rings (SSSR count). The zero-order chi connectivity index (χ0) is 22.9. The Morgan fingerprint density at radius 3 is 2.29 bits per heavy atom. The van der Waals surface area contributed by atoms with Gasteiger partial charge in [-0.15, -0.1) is 0 Å². The van der Waals surface area contributed by atoms with Gasteiger partial charge < -0.3 is 13.6 Å². The van der Waals surface area contributed by atoms with Crippen molar-refractivity contribution in [3.05, 3.63) is 108 Å². The SMILES string of the molecule is CC1(C)c2ccccc2Oc2cc(-c3ccc(-c4cccc5oc6ccccc6c45)o3)ccc21. The smallest absolute Gasteiger partial charge is 0.136 e. The summed E-state index contributed by atoms with van der Waals surface area (Å²) in [7, 11) is 0. The lowest BCUT2D eigenvalue weighted by Crippen LogP contribution is -2.24. The van der Waals surface area contributed by atoms with E-state index in [9.17, 15) is 0 Å². The van der Waals surface area contributed by atoms with E-state index < -0.39 is 0 Å². The first-order valence-corrected chi connectivity index (χ1v) is 11.5. The lowest BCUT2D eigenvalue weighted by molar-refractivity contribution is 0.418. The molecule has 0 bridgehead atoms. The quantitative estimate of drug-likeness (QED) is 0.268. The van der Waals surface area contributed by atoms with Crippen LogP contribution in [0.1, 0.15) is 25.0 Å². The molecular weight excluding hydrogens is 420 g/mol. The predicted octanol–water partition coefficient (Wildman–Crippen LogP) is 8.94. The summed E-state index contributed by atoms with van der Waals surface area (Å²) in [5.74, 6) is 3.41. The number of para-hydroxylation sites is 2. The maximum absolute atomic E-state index is 6.40. The van der Waals surface area contributed by atoms with E-state index in [4.69, 9.17) is 13.6 Å². The standard InChI is InChI=1S/C31H22O3/c1-31(2)22-10-4-6-12-27(22)34-29-18-19(14-15-23(29)31)24-16-17-26(32-24)21-9-7-13-28-30(21)20-8-3-5-11-25(20)33-28/h3-18H,1-2H3. The van der Waals surface area contributed by atoms with Gasteiger partial charge in [0.25, 0.3) is 0 Å². The molecule has 0 amide bonds. The molecule has 3 nitrogen and oxygen atoms in total. The lowest BCUT2D eigenvalue weighted by atomic mass is 9.75. The van der Waals surface area contributed by atoms with Gasteiger partial charge in [0, 0.05) is 38.4 Å². The first kappa shape index (κ1) is 19.2. The fraction of sp³-hybridized carbons (Fsp3) is 0.0968. The molecule has 164 valence electrons. The van der Waals surface area contributed by atoms with Gasteiger partial charge in [0.2, 0.25) is 0 Å². The topological polar surface area (TPSA) is 35.5 Å². The predicted molar refractivity (Wildman–Crippen MR) is 136 cm³/mol. The molecule has 34 heavy (non-hydrogen) atoms. The van der Waals surface area contributed by atoms with E-state index in [0.717, 1.165) is 56.1 Å². The summed E-state index contributed by atoms with van der Waals surface area (Å²) >= 11 is 0. The third-order valence-corrected chi connectivity index (χ3v) is 6.99. The van der Waals surface area contributed by atoms with Crippen molar-refractivity contribution < 1.29 is 13.6 Å². The normalized spacial score (nSPS) is 14.1. The zero-order valence-electron chi connectivity index (χ0n) is 19.0. The maximum Gasteiger partial charge on any atom is 0.136 e. The molecule has 4 aromatic carbocycles. The fourth-order valence-corrected chi connectivity index (χ4v) is 5.23. The van der Waals surface area contributed by atoms with Crippen LogP contribution in [0.5, 0.6) is 11.5 Å². The Morgan fingerprint density at radius 2 is 1.35 bits per heavy atom. The molecule has 0 atom stereocenters. The Hall–Kier alpha value is -4.24. The molecule has 2 aromatic heterocycles. The molecule has 0 saturated carbocycles. The summed E-state index contributed by atoms with van der Waals surface area (Å²) in [5.41, 5.74) is 6.01. The van der Waals surface area contributed by atoms with Gasteiger partial charge in [-0.05, 0) is 36.4 Å². The highest BCUT2D eigenvalue weighted by Gasteiger charge is 2.34. The van der Waals surface area contributed by atoms with E-state index in [-0.39, 0.29) is 5.41 Å². The van der Waals surface area contributed by atoms with Crippen molar-refractivity contribution in [2.45, 2.75) is 19.3 Å². The molecule has 3 heteroatoms. The Bertz CT molecular complexity index is 1710. The summed E-state index contributed by atoms with van der Waals surface area (Å²) in [6.07, 6.45) is 0. The van der Waals surface area contributed by atoms with E-state index in [1.165, 1.54) is 11.1 Å². The minimum atomic E-state index is -0.130. The summed E-state index contributed by atoms with van der Waals surface area (Å²) in [6, 6.07) is 32.9. The third-order valence-electron chi connectivity index (χ3n) is 6.99. The van der Waals surface area contributed by atoms with Gasteiger partial charge in [0.1, 0.15) is 34.2 Å². The van der Waals surface area contributed by atoms with Crippen LogP contribution in [0.15, 0.2) is 106 Å². The largest absolute Gasteiger partial charge is 0.457 e. The number of fused-ring (bicyclic) bond motifs is 5. The minimum Gasteiger partial charge on any atom is -0.457 e. The highest BCUT2D eigenvalue weighted by atomic mass is 16.5. The summed E-state index contributed by atoms with van der Waals surface area (Å²) in [4.78, 5) is 0.